The average molecular weight is 187 g/mol. The summed E-state index contributed by atoms with van der Waals surface area (Å²) in [5.41, 5.74) is 0. The van der Waals surface area contributed by atoms with Gasteiger partial charge in [0.05, 0.1) is 5.75 Å². The highest BCUT2D eigenvalue weighted by Gasteiger charge is 2.16. The first kappa shape index (κ1) is 10.1. The van der Waals surface area contributed by atoms with Crippen LogP contribution in [0.2, 0.25) is 0 Å². The number of piperidine rings is 1. The van der Waals surface area contributed by atoms with Crippen LogP contribution in [0.4, 0.5) is 0 Å². The quantitative estimate of drug-likeness (QED) is 0.666. The van der Waals surface area contributed by atoms with Crippen LogP contribution in [0.25, 0.3) is 0 Å². The molecule has 0 aromatic rings. The number of Topliss-reactive ketones (excluding diaryl/α,β-unsaturated/α-hetero) is 1. The van der Waals surface area contributed by atoms with E-state index in [1.165, 1.54) is 25.9 Å². The Morgan fingerprint density at radius 3 is 2.58 bits per heavy atom. The molecule has 3 heteroatoms. The fourth-order valence-corrected chi connectivity index (χ4v) is 2.40. The minimum absolute atomic E-state index is 0.305. The first-order valence-corrected chi connectivity index (χ1v) is 5.53. The third-order valence-electron chi connectivity index (χ3n) is 2.19. The van der Waals surface area contributed by atoms with Crippen LogP contribution < -0.4 is 0 Å². The zero-order valence-electron chi connectivity index (χ0n) is 7.88. The second-order valence-corrected chi connectivity index (χ2v) is 4.80. The van der Waals surface area contributed by atoms with Crippen LogP contribution in [0.5, 0.6) is 0 Å². The van der Waals surface area contributed by atoms with E-state index < -0.39 is 0 Å². The fraction of sp³-hybridized carbons (Fsp3) is 0.889. The van der Waals surface area contributed by atoms with Crippen molar-refractivity contribution in [2.75, 3.05) is 25.9 Å². The van der Waals surface area contributed by atoms with E-state index in [2.05, 4.69) is 11.9 Å². The van der Waals surface area contributed by atoms with Crippen LogP contribution in [-0.4, -0.2) is 41.8 Å². The van der Waals surface area contributed by atoms with Gasteiger partial charge in [0.15, 0.2) is 0 Å². The minimum atomic E-state index is 0.305. The number of hydrogen-bond donors (Lipinski definition) is 0. The second-order valence-electron chi connectivity index (χ2n) is 3.52. The molecule has 0 aromatic carbocycles. The van der Waals surface area contributed by atoms with Crippen molar-refractivity contribution in [1.29, 1.82) is 0 Å². The summed E-state index contributed by atoms with van der Waals surface area (Å²) < 4.78 is 0. The Balaban J connectivity index is 2.13. The third-order valence-corrected chi connectivity index (χ3v) is 3.70. The molecule has 0 spiro atoms. The smallest absolute Gasteiger partial charge is 0.139 e. The summed E-state index contributed by atoms with van der Waals surface area (Å²) in [6, 6.07) is 0. The molecule has 70 valence electrons. The first-order chi connectivity index (χ1) is 5.68. The Hall–Kier alpha value is -0.0200. The molecule has 1 aliphatic rings. The molecule has 1 fully saturated rings. The minimum Gasteiger partial charge on any atom is -0.306 e. The van der Waals surface area contributed by atoms with Crippen LogP contribution in [0, 0.1) is 0 Å². The summed E-state index contributed by atoms with van der Waals surface area (Å²) in [4.78, 5) is 13.1. The SMILES string of the molecule is CC(=O)CSC1CCN(C)CC1. The lowest BCUT2D eigenvalue weighted by molar-refractivity contribution is -0.114. The largest absolute Gasteiger partial charge is 0.306 e. The van der Waals surface area contributed by atoms with Crippen LogP contribution in [-0.2, 0) is 4.79 Å². The molecule has 0 atom stereocenters. The van der Waals surface area contributed by atoms with Crippen LogP contribution in [0.3, 0.4) is 0 Å². The Morgan fingerprint density at radius 2 is 2.08 bits per heavy atom. The average Bonchev–Trinajstić information content (AvgIpc) is 2.03. The summed E-state index contributed by atoms with van der Waals surface area (Å²) in [6.45, 7) is 4.05. The Labute approximate surface area is 78.7 Å². The molecule has 0 saturated carbocycles. The lowest BCUT2D eigenvalue weighted by Crippen LogP contribution is -2.31. The molecule has 2 nitrogen and oxygen atoms in total. The molecular formula is C9H17NOS. The highest BCUT2D eigenvalue weighted by atomic mass is 32.2. The highest BCUT2D eigenvalue weighted by Crippen LogP contribution is 2.22. The molecule has 0 radical (unpaired) electrons. The van der Waals surface area contributed by atoms with Crippen LogP contribution in [0.15, 0.2) is 0 Å². The molecule has 0 unspecified atom stereocenters. The molecule has 12 heavy (non-hydrogen) atoms. The maximum Gasteiger partial charge on any atom is 0.139 e. The number of rotatable bonds is 3. The molecule has 0 amide bonds. The van der Waals surface area contributed by atoms with Gasteiger partial charge in [-0.05, 0) is 39.9 Å². The first-order valence-electron chi connectivity index (χ1n) is 4.48. The molecule has 0 N–H and O–H groups in total. The van der Waals surface area contributed by atoms with Crippen molar-refractivity contribution in [3.8, 4) is 0 Å². The number of hydrogen-bond acceptors (Lipinski definition) is 3. The van der Waals surface area contributed by atoms with Gasteiger partial charge in [-0.25, -0.2) is 0 Å². The van der Waals surface area contributed by atoms with Crippen molar-refractivity contribution < 1.29 is 4.79 Å². The van der Waals surface area contributed by atoms with Gasteiger partial charge in [0.2, 0.25) is 0 Å². The highest BCUT2D eigenvalue weighted by molar-refractivity contribution is 8.00. The summed E-state index contributed by atoms with van der Waals surface area (Å²) in [6.07, 6.45) is 2.49. The van der Waals surface area contributed by atoms with Crippen molar-refractivity contribution in [1.82, 2.24) is 4.90 Å². The Kier molecular flexibility index (Phi) is 4.09. The Morgan fingerprint density at radius 1 is 1.50 bits per heavy atom. The van der Waals surface area contributed by atoms with Gasteiger partial charge in [0, 0.05) is 5.25 Å². The fourth-order valence-electron chi connectivity index (χ4n) is 1.39. The van der Waals surface area contributed by atoms with E-state index in [9.17, 15) is 4.79 Å². The summed E-state index contributed by atoms with van der Waals surface area (Å²) in [5, 5.41) is 0.727. The molecule has 1 rings (SSSR count). The lowest BCUT2D eigenvalue weighted by Gasteiger charge is -2.28. The summed E-state index contributed by atoms with van der Waals surface area (Å²) in [5.74, 6) is 1.01. The van der Waals surface area contributed by atoms with E-state index in [0.29, 0.717) is 11.5 Å². The summed E-state index contributed by atoms with van der Waals surface area (Å²) in [7, 11) is 2.16. The number of likely N-dealkylation sites (tertiary alicyclic amines) is 1. The third kappa shape index (κ3) is 3.59. The summed E-state index contributed by atoms with van der Waals surface area (Å²) >= 11 is 1.83. The molecule has 0 aromatic heterocycles. The number of carbonyl (C=O) groups is 1. The number of carbonyl (C=O) groups excluding carboxylic acids is 1. The number of thioether (sulfide) groups is 1. The number of ketones is 1. The molecule has 0 aliphatic carbocycles. The molecule has 1 heterocycles. The van der Waals surface area contributed by atoms with Gasteiger partial charge >= 0.3 is 0 Å². The molecule has 1 saturated heterocycles. The zero-order valence-corrected chi connectivity index (χ0v) is 8.69. The van der Waals surface area contributed by atoms with E-state index in [0.717, 1.165) is 5.25 Å². The Bertz CT molecular complexity index is 153. The molecule has 0 bridgehead atoms. The van der Waals surface area contributed by atoms with Gasteiger partial charge in [-0.15, -0.1) is 0 Å². The predicted octanol–water partition coefficient (Wildman–Crippen LogP) is 1.40. The zero-order chi connectivity index (χ0) is 8.97. The normalized spacial score (nSPS) is 21.2. The molecule has 1 aliphatic heterocycles. The monoisotopic (exact) mass is 187 g/mol. The predicted molar refractivity (Wildman–Crippen MR) is 53.7 cm³/mol. The van der Waals surface area contributed by atoms with Crippen molar-refractivity contribution >= 4 is 17.5 Å². The van der Waals surface area contributed by atoms with Gasteiger partial charge in [-0.3, -0.25) is 4.79 Å². The van der Waals surface area contributed by atoms with Crippen molar-refractivity contribution in [3.63, 3.8) is 0 Å². The van der Waals surface area contributed by atoms with E-state index in [4.69, 9.17) is 0 Å². The van der Waals surface area contributed by atoms with Gasteiger partial charge in [-0.2, -0.15) is 11.8 Å². The van der Waals surface area contributed by atoms with Crippen molar-refractivity contribution in [2.24, 2.45) is 0 Å². The van der Waals surface area contributed by atoms with Crippen LogP contribution in [0.1, 0.15) is 19.8 Å². The van der Waals surface area contributed by atoms with Gasteiger partial charge in [0.25, 0.3) is 0 Å². The maximum atomic E-state index is 10.7. The second kappa shape index (κ2) is 4.87. The van der Waals surface area contributed by atoms with E-state index in [1.54, 1.807) is 6.92 Å². The van der Waals surface area contributed by atoms with Crippen LogP contribution >= 0.6 is 11.8 Å². The van der Waals surface area contributed by atoms with E-state index in [-0.39, 0.29) is 0 Å². The topological polar surface area (TPSA) is 20.3 Å². The van der Waals surface area contributed by atoms with E-state index in [1.807, 2.05) is 11.8 Å². The molecular weight excluding hydrogens is 170 g/mol. The van der Waals surface area contributed by atoms with E-state index >= 15 is 0 Å². The number of nitrogens with zero attached hydrogens (tertiary/aromatic N) is 1. The lowest BCUT2D eigenvalue weighted by atomic mass is 10.1. The van der Waals surface area contributed by atoms with Gasteiger partial charge in [0.1, 0.15) is 5.78 Å². The standard InChI is InChI=1S/C9H17NOS/c1-8(11)7-12-9-3-5-10(2)6-4-9/h9H,3-7H2,1-2H3. The van der Waals surface area contributed by atoms with Crippen molar-refractivity contribution in [3.05, 3.63) is 0 Å². The van der Waals surface area contributed by atoms with Crippen molar-refractivity contribution in [2.45, 2.75) is 25.0 Å². The maximum absolute atomic E-state index is 10.7. The van der Waals surface area contributed by atoms with Gasteiger partial charge in [-0.1, -0.05) is 0 Å². The van der Waals surface area contributed by atoms with Gasteiger partial charge < -0.3 is 4.90 Å².